The first-order chi connectivity index (χ1) is 7.41. The fourth-order valence-electron chi connectivity index (χ4n) is 1.81. The molecular weight excluding hydrogens is 236 g/mol. The zero-order valence-electron chi connectivity index (χ0n) is 8.21. The highest BCUT2D eigenvalue weighted by Crippen LogP contribution is 2.33. The molecule has 8 heteroatoms. The zero-order chi connectivity index (χ0) is 11.9. The Morgan fingerprint density at radius 1 is 1.56 bits per heavy atom. The quantitative estimate of drug-likeness (QED) is 0.743. The number of nitrogens with zero attached hydrogens (tertiary/aromatic N) is 1. The van der Waals surface area contributed by atoms with Crippen LogP contribution in [0, 0.1) is 0 Å². The lowest BCUT2D eigenvalue weighted by molar-refractivity contribution is 0.0694. The van der Waals surface area contributed by atoms with Crippen molar-refractivity contribution in [2.45, 2.75) is 12.3 Å². The lowest BCUT2D eigenvalue weighted by Crippen LogP contribution is -2.08. The monoisotopic (exact) mass is 246 g/mol. The standard InChI is InChI=1S/C8H10N2O5S/c9-7-5(8(11)12)6(15-10-7)4-1-2-16(13,14)3-4/h4H,1-3H2,(H2,9,10)(H,11,12). The van der Waals surface area contributed by atoms with Gasteiger partial charge in [-0.1, -0.05) is 5.16 Å². The number of nitrogen functional groups attached to an aromatic ring is 1. The van der Waals surface area contributed by atoms with Gasteiger partial charge in [0.15, 0.2) is 21.4 Å². The maximum atomic E-state index is 11.3. The molecule has 0 spiro atoms. The van der Waals surface area contributed by atoms with Crippen LogP contribution < -0.4 is 5.73 Å². The number of hydrogen-bond donors (Lipinski definition) is 2. The molecule has 16 heavy (non-hydrogen) atoms. The molecule has 1 saturated heterocycles. The van der Waals surface area contributed by atoms with Gasteiger partial charge in [0.1, 0.15) is 5.56 Å². The van der Waals surface area contributed by atoms with Gasteiger partial charge in [-0.3, -0.25) is 0 Å². The Hall–Kier alpha value is -1.57. The summed E-state index contributed by atoms with van der Waals surface area (Å²) in [6.07, 6.45) is 0.344. The van der Waals surface area contributed by atoms with Gasteiger partial charge in [0.05, 0.1) is 11.5 Å². The summed E-state index contributed by atoms with van der Waals surface area (Å²) in [6.45, 7) is 0. The Bertz CT molecular complexity index is 533. The highest BCUT2D eigenvalue weighted by Gasteiger charge is 2.35. The van der Waals surface area contributed by atoms with E-state index in [2.05, 4.69) is 5.16 Å². The summed E-state index contributed by atoms with van der Waals surface area (Å²) < 4.78 is 27.3. The van der Waals surface area contributed by atoms with Gasteiger partial charge in [-0.25, -0.2) is 13.2 Å². The lowest BCUT2D eigenvalue weighted by atomic mass is 10.0. The summed E-state index contributed by atoms with van der Waals surface area (Å²) >= 11 is 0. The van der Waals surface area contributed by atoms with Crippen LogP contribution in [0.3, 0.4) is 0 Å². The largest absolute Gasteiger partial charge is 0.477 e. The van der Waals surface area contributed by atoms with Gasteiger partial charge in [0, 0.05) is 5.92 Å². The first-order valence-electron chi connectivity index (χ1n) is 4.59. The summed E-state index contributed by atoms with van der Waals surface area (Å²) in [6, 6.07) is 0. The average molecular weight is 246 g/mol. The summed E-state index contributed by atoms with van der Waals surface area (Å²) in [5.74, 6) is -1.93. The van der Waals surface area contributed by atoms with Crippen molar-refractivity contribution < 1.29 is 22.8 Å². The molecule has 1 unspecified atom stereocenters. The van der Waals surface area contributed by atoms with Crippen LogP contribution in [0.2, 0.25) is 0 Å². The van der Waals surface area contributed by atoms with Crippen molar-refractivity contribution in [1.82, 2.24) is 5.16 Å². The van der Waals surface area contributed by atoms with Crippen LogP contribution in [0.25, 0.3) is 0 Å². The number of rotatable bonds is 2. The second-order valence-corrected chi connectivity index (χ2v) is 5.94. The van der Waals surface area contributed by atoms with E-state index >= 15 is 0 Å². The topological polar surface area (TPSA) is 123 Å². The molecule has 2 heterocycles. The number of carboxylic acids is 1. The van der Waals surface area contributed by atoms with Crippen molar-refractivity contribution in [1.29, 1.82) is 0 Å². The Labute approximate surface area is 91.1 Å². The highest BCUT2D eigenvalue weighted by molar-refractivity contribution is 7.91. The summed E-state index contributed by atoms with van der Waals surface area (Å²) in [5, 5.41) is 12.3. The van der Waals surface area contributed by atoms with Crippen LogP contribution in [-0.4, -0.2) is 36.2 Å². The molecule has 0 bridgehead atoms. The number of carboxylic acid groups (broad SMARTS) is 1. The fraction of sp³-hybridized carbons (Fsp3) is 0.500. The minimum atomic E-state index is -3.10. The van der Waals surface area contributed by atoms with Crippen molar-refractivity contribution in [2.75, 3.05) is 17.2 Å². The first kappa shape index (κ1) is 10.9. The molecule has 1 aromatic rings. The van der Waals surface area contributed by atoms with Crippen LogP contribution in [0.1, 0.15) is 28.5 Å². The molecule has 3 N–H and O–H groups in total. The number of aromatic nitrogens is 1. The minimum absolute atomic E-state index is 0.0390. The van der Waals surface area contributed by atoms with E-state index in [9.17, 15) is 13.2 Å². The molecular formula is C8H10N2O5S. The van der Waals surface area contributed by atoms with Gasteiger partial charge >= 0.3 is 5.97 Å². The van der Waals surface area contributed by atoms with Crippen molar-refractivity contribution in [3.63, 3.8) is 0 Å². The first-order valence-corrected chi connectivity index (χ1v) is 6.41. The lowest BCUT2D eigenvalue weighted by Gasteiger charge is -2.02. The third-order valence-corrected chi connectivity index (χ3v) is 4.33. The van der Waals surface area contributed by atoms with Crippen molar-refractivity contribution in [3.05, 3.63) is 11.3 Å². The van der Waals surface area contributed by atoms with Crippen LogP contribution in [0.4, 0.5) is 5.82 Å². The number of nitrogens with two attached hydrogens (primary N) is 1. The van der Waals surface area contributed by atoms with Crippen molar-refractivity contribution in [2.24, 2.45) is 0 Å². The van der Waals surface area contributed by atoms with Gasteiger partial charge in [0.25, 0.3) is 0 Å². The molecule has 1 atom stereocenters. The number of anilines is 1. The number of aromatic carboxylic acids is 1. The molecule has 1 aliphatic heterocycles. The third kappa shape index (κ3) is 1.75. The molecule has 0 amide bonds. The van der Waals surface area contributed by atoms with E-state index in [1.807, 2.05) is 0 Å². The van der Waals surface area contributed by atoms with Crippen LogP contribution in [0.5, 0.6) is 0 Å². The Morgan fingerprint density at radius 3 is 2.75 bits per heavy atom. The SMILES string of the molecule is Nc1noc(C2CCS(=O)(=O)C2)c1C(=O)O. The molecule has 2 rings (SSSR count). The maximum Gasteiger partial charge on any atom is 0.343 e. The molecule has 1 fully saturated rings. The predicted octanol–water partition coefficient (Wildman–Crippen LogP) is -0.143. The van der Waals surface area contributed by atoms with E-state index in [0.29, 0.717) is 6.42 Å². The van der Waals surface area contributed by atoms with E-state index in [4.69, 9.17) is 15.4 Å². The summed E-state index contributed by atoms with van der Waals surface area (Å²) in [4.78, 5) is 10.9. The van der Waals surface area contributed by atoms with Gasteiger partial charge in [-0.2, -0.15) is 0 Å². The molecule has 0 radical (unpaired) electrons. The second-order valence-electron chi connectivity index (χ2n) is 3.71. The highest BCUT2D eigenvalue weighted by atomic mass is 32.2. The number of sulfone groups is 1. The molecule has 1 aliphatic rings. The maximum absolute atomic E-state index is 11.3. The molecule has 0 saturated carbocycles. The van der Waals surface area contributed by atoms with Crippen molar-refractivity contribution >= 4 is 21.6 Å². The van der Waals surface area contributed by atoms with Crippen LogP contribution in [0.15, 0.2) is 4.52 Å². The Morgan fingerprint density at radius 2 is 2.25 bits per heavy atom. The van der Waals surface area contributed by atoms with Crippen LogP contribution in [-0.2, 0) is 9.84 Å². The van der Waals surface area contributed by atoms with E-state index in [-0.39, 0.29) is 28.6 Å². The summed E-state index contributed by atoms with van der Waals surface area (Å²) in [7, 11) is -3.10. The Balaban J connectivity index is 2.39. The summed E-state index contributed by atoms with van der Waals surface area (Å²) in [5.41, 5.74) is 5.12. The second kappa shape index (κ2) is 3.48. The molecule has 0 aromatic carbocycles. The molecule has 7 nitrogen and oxygen atoms in total. The number of hydrogen-bond acceptors (Lipinski definition) is 6. The van der Waals surface area contributed by atoms with Gasteiger partial charge in [-0.05, 0) is 6.42 Å². The van der Waals surface area contributed by atoms with E-state index in [1.165, 1.54) is 0 Å². The van der Waals surface area contributed by atoms with Crippen molar-refractivity contribution in [3.8, 4) is 0 Å². The normalized spacial score (nSPS) is 23.4. The molecule has 0 aliphatic carbocycles. The van der Waals surface area contributed by atoms with E-state index in [1.54, 1.807) is 0 Å². The smallest absolute Gasteiger partial charge is 0.343 e. The average Bonchev–Trinajstić information content (AvgIpc) is 2.68. The minimum Gasteiger partial charge on any atom is -0.477 e. The van der Waals surface area contributed by atoms with Crippen LogP contribution >= 0.6 is 0 Å². The fourth-order valence-corrected chi connectivity index (χ4v) is 3.55. The molecule has 88 valence electrons. The van der Waals surface area contributed by atoms with Gasteiger partial charge in [-0.15, -0.1) is 0 Å². The Kier molecular flexibility index (Phi) is 2.38. The van der Waals surface area contributed by atoms with Gasteiger partial charge in [0.2, 0.25) is 0 Å². The third-order valence-electron chi connectivity index (χ3n) is 2.56. The van der Waals surface area contributed by atoms with Gasteiger partial charge < -0.3 is 15.4 Å². The van der Waals surface area contributed by atoms with E-state index < -0.39 is 21.7 Å². The predicted molar refractivity (Wildman–Crippen MR) is 53.9 cm³/mol. The molecule has 1 aromatic heterocycles. The number of carbonyl (C=O) groups is 1. The zero-order valence-corrected chi connectivity index (χ0v) is 9.03. The van der Waals surface area contributed by atoms with E-state index in [0.717, 1.165) is 0 Å².